The Morgan fingerprint density at radius 2 is 1.73 bits per heavy atom. The van der Waals surface area contributed by atoms with E-state index < -0.39 is 22.1 Å². The van der Waals surface area contributed by atoms with Crippen molar-refractivity contribution in [2.24, 2.45) is 0 Å². The molecule has 2 atom stereocenters. The van der Waals surface area contributed by atoms with Crippen LogP contribution in [0, 0.1) is 4.78 Å². The Kier molecular flexibility index (Phi) is 7.79. The third-order valence-corrected chi connectivity index (χ3v) is 6.22. The van der Waals surface area contributed by atoms with Gasteiger partial charge in [0.15, 0.2) is 14.9 Å². The molecule has 166 valence electrons. The summed E-state index contributed by atoms with van der Waals surface area (Å²) in [7, 11) is -3.83. The molecule has 11 heteroatoms. The zero-order chi connectivity index (χ0) is 22.8. The van der Waals surface area contributed by atoms with Gasteiger partial charge >= 0.3 is 6.03 Å². The van der Waals surface area contributed by atoms with Crippen LogP contribution >= 0.6 is 23.2 Å². The normalized spacial score (nSPS) is 14.6. The Morgan fingerprint density at radius 1 is 1.20 bits per heavy atom. The first-order valence-corrected chi connectivity index (χ1v) is 11.7. The molecule has 0 radical (unpaired) electrons. The van der Waals surface area contributed by atoms with Crippen LogP contribution in [0.5, 0.6) is 0 Å². The van der Waals surface area contributed by atoms with Gasteiger partial charge in [-0.05, 0) is 42.0 Å². The molecular formula is C19H27Cl2N5O3S. The predicted molar refractivity (Wildman–Crippen MR) is 120 cm³/mol. The number of amides is 2. The lowest BCUT2D eigenvalue weighted by Crippen LogP contribution is -2.34. The number of carbonyl (C=O) groups excluding carboxylic acids is 1. The van der Waals surface area contributed by atoms with Gasteiger partial charge in [0.25, 0.3) is 0 Å². The summed E-state index contributed by atoms with van der Waals surface area (Å²) in [5.41, 5.74) is 2.23. The van der Waals surface area contributed by atoms with E-state index in [1.165, 1.54) is 10.9 Å². The smallest absolute Gasteiger partial charge is 0.332 e. The van der Waals surface area contributed by atoms with Crippen molar-refractivity contribution in [3.05, 3.63) is 39.5 Å². The Labute approximate surface area is 187 Å². The van der Waals surface area contributed by atoms with Crippen LogP contribution in [0.25, 0.3) is 0 Å². The summed E-state index contributed by atoms with van der Waals surface area (Å²) in [4.78, 5) is 12.7. The SMILES string of the molecule is CC(C)c1cc(Cl)cc(C(C)C)c1NC(=O)NS(=N)(=O)c1nn(C[C@H](C)O)cc1Cl. The average Bonchev–Trinajstić information content (AvgIpc) is 2.95. The first-order valence-electron chi connectivity index (χ1n) is 9.43. The van der Waals surface area contributed by atoms with E-state index in [0.29, 0.717) is 10.7 Å². The summed E-state index contributed by atoms with van der Waals surface area (Å²) < 4.78 is 24.4. The number of aliphatic hydroxyl groups excluding tert-OH is 1. The van der Waals surface area contributed by atoms with Gasteiger partial charge < -0.3 is 10.4 Å². The van der Waals surface area contributed by atoms with E-state index in [2.05, 4.69) is 15.1 Å². The quantitative estimate of drug-likeness (QED) is 0.451. The second-order valence-electron chi connectivity index (χ2n) is 7.73. The largest absolute Gasteiger partial charge is 0.391 e. The maximum atomic E-state index is 12.9. The van der Waals surface area contributed by atoms with Gasteiger partial charge in [-0.25, -0.2) is 18.5 Å². The molecule has 1 aromatic heterocycles. The summed E-state index contributed by atoms with van der Waals surface area (Å²) >= 11 is 12.3. The van der Waals surface area contributed by atoms with Crippen LogP contribution in [0.4, 0.5) is 10.5 Å². The van der Waals surface area contributed by atoms with Crippen LogP contribution < -0.4 is 10.0 Å². The van der Waals surface area contributed by atoms with Gasteiger partial charge in [0.05, 0.1) is 17.7 Å². The standard InChI is InChI=1S/C19H27Cl2N5O3S/c1-10(2)14-6-13(20)7-15(11(3)4)17(14)23-19(28)25-30(22,29)18-16(21)9-26(24-18)8-12(5)27/h6-7,9-12,27H,8H2,1-5H3,(H3,22,23,25,28,29)/t12-,30?/m0/s1. The Morgan fingerprint density at radius 3 is 2.20 bits per heavy atom. The zero-order valence-corrected chi connectivity index (χ0v) is 19.8. The number of urea groups is 1. The van der Waals surface area contributed by atoms with Crippen molar-refractivity contribution in [3.8, 4) is 0 Å². The molecule has 0 saturated heterocycles. The van der Waals surface area contributed by atoms with E-state index in [1.807, 2.05) is 27.7 Å². The highest BCUT2D eigenvalue weighted by atomic mass is 35.5. The third kappa shape index (κ3) is 5.87. The van der Waals surface area contributed by atoms with Crippen molar-refractivity contribution in [3.63, 3.8) is 0 Å². The minimum Gasteiger partial charge on any atom is -0.391 e. The molecule has 2 aromatic rings. The van der Waals surface area contributed by atoms with Gasteiger partial charge in [-0.2, -0.15) is 5.10 Å². The fraction of sp³-hybridized carbons (Fsp3) is 0.474. The number of carbonyl (C=O) groups is 1. The topological polar surface area (TPSA) is 120 Å². The zero-order valence-electron chi connectivity index (χ0n) is 17.5. The fourth-order valence-electron chi connectivity index (χ4n) is 2.96. The molecule has 0 saturated carbocycles. The second-order valence-corrected chi connectivity index (χ2v) is 10.3. The first-order chi connectivity index (χ1) is 13.8. The highest BCUT2D eigenvalue weighted by Gasteiger charge is 2.24. The number of halogens is 2. The van der Waals surface area contributed by atoms with Crippen molar-refractivity contribution in [1.82, 2.24) is 14.5 Å². The number of hydrogen-bond acceptors (Lipinski definition) is 5. The molecule has 1 heterocycles. The molecule has 0 spiro atoms. The van der Waals surface area contributed by atoms with Gasteiger partial charge in [-0.1, -0.05) is 50.9 Å². The number of anilines is 1. The molecule has 1 unspecified atom stereocenters. The number of nitrogens with one attached hydrogen (secondary N) is 3. The van der Waals surface area contributed by atoms with E-state index in [-0.39, 0.29) is 28.4 Å². The van der Waals surface area contributed by atoms with E-state index in [0.717, 1.165) is 11.1 Å². The van der Waals surface area contributed by atoms with E-state index in [9.17, 15) is 14.1 Å². The van der Waals surface area contributed by atoms with Crippen LogP contribution in [0.2, 0.25) is 10.0 Å². The molecule has 8 nitrogen and oxygen atoms in total. The number of aliphatic hydroxyl groups is 1. The van der Waals surface area contributed by atoms with Gasteiger partial charge in [-0.3, -0.25) is 4.68 Å². The number of aromatic nitrogens is 2. The van der Waals surface area contributed by atoms with E-state index in [1.54, 1.807) is 19.1 Å². The van der Waals surface area contributed by atoms with Crippen molar-refractivity contribution in [2.75, 3.05) is 5.32 Å². The summed E-state index contributed by atoms with van der Waals surface area (Å²) in [6.45, 7) is 9.57. The van der Waals surface area contributed by atoms with Gasteiger partial charge in [0.1, 0.15) is 0 Å². The van der Waals surface area contributed by atoms with Crippen LogP contribution in [0.15, 0.2) is 23.4 Å². The lowest BCUT2D eigenvalue weighted by molar-refractivity contribution is 0.168. The van der Waals surface area contributed by atoms with E-state index >= 15 is 0 Å². The van der Waals surface area contributed by atoms with Crippen molar-refractivity contribution >= 4 is 44.8 Å². The van der Waals surface area contributed by atoms with Crippen LogP contribution in [-0.2, 0) is 16.5 Å². The first kappa shape index (κ1) is 24.5. The molecule has 0 aliphatic carbocycles. The van der Waals surface area contributed by atoms with Crippen LogP contribution in [-0.4, -0.2) is 31.2 Å². The summed E-state index contributed by atoms with van der Waals surface area (Å²) in [5, 5.41) is 16.4. The lowest BCUT2D eigenvalue weighted by atomic mass is 9.92. The van der Waals surface area contributed by atoms with Crippen molar-refractivity contribution in [2.45, 2.75) is 64.1 Å². The van der Waals surface area contributed by atoms with Gasteiger partial charge in [-0.15, -0.1) is 0 Å². The molecule has 0 aliphatic rings. The summed E-state index contributed by atoms with van der Waals surface area (Å²) in [5.74, 6) is 0.143. The number of benzene rings is 1. The fourth-order valence-corrected chi connectivity index (χ4v) is 4.63. The maximum Gasteiger partial charge on any atom is 0.332 e. The molecular weight excluding hydrogens is 449 g/mol. The molecule has 2 amide bonds. The molecule has 4 N–H and O–H groups in total. The minimum atomic E-state index is -3.83. The molecule has 1 aromatic carbocycles. The third-order valence-electron chi connectivity index (χ3n) is 4.29. The average molecular weight is 476 g/mol. The lowest BCUT2D eigenvalue weighted by Gasteiger charge is -2.21. The molecule has 2 rings (SSSR count). The Bertz CT molecular complexity index is 1000. The summed E-state index contributed by atoms with van der Waals surface area (Å²) in [6, 6.07) is 2.74. The summed E-state index contributed by atoms with van der Waals surface area (Å²) in [6.07, 6.45) is 0.644. The highest BCUT2D eigenvalue weighted by molar-refractivity contribution is 7.91. The minimum absolute atomic E-state index is 0.0341. The highest BCUT2D eigenvalue weighted by Crippen LogP contribution is 2.35. The van der Waals surface area contributed by atoms with Crippen LogP contribution in [0.3, 0.4) is 0 Å². The number of hydrogen-bond donors (Lipinski definition) is 4. The van der Waals surface area contributed by atoms with Crippen molar-refractivity contribution < 1.29 is 14.1 Å². The monoisotopic (exact) mass is 475 g/mol. The molecule has 0 bridgehead atoms. The number of rotatable bonds is 7. The van der Waals surface area contributed by atoms with Gasteiger partial charge in [0, 0.05) is 16.9 Å². The Hall–Kier alpha value is -1.81. The van der Waals surface area contributed by atoms with E-state index in [4.69, 9.17) is 28.0 Å². The number of nitrogens with zero attached hydrogens (tertiary/aromatic N) is 2. The van der Waals surface area contributed by atoms with Crippen molar-refractivity contribution in [1.29, 1.82) is 4.78 Å². The maximum absolute atomic E-state index is 12.9. The van der Waals surface area contributed by atoms with Gasteiger partial charge in [0.2, 0.25) is 0 Å². The second kappa shape index (κ2) is 9.55. The van der Waals surface area contributed by atoms with Crippen LogP contribution in [0.1, 0.15) is 57.6 Å². The Balaban J connectivity index is 2.33. The predicted octanol–water partition coefficient (Wildman–Crippen LogP) is 4.96. The molecule has 30 heavy (non-hydrogen) atoms. The molecule has 0 fully saturated rings. The molecule has 0 aliphatic heterocycles.